The van der Waals surface area contributed by atoms with Crippen molar-refractivity contribution in [3.05, 3.63) is 0 Å². The lowest BCUT2D eigenvalue weighted by atomic mass is 9.94. The molecule has 20 heavy (non-hydrogen) atoms. The molecule has 0 aromatic carbocycles. The Morgan fingerprint density at radius 2 is 1.95 bits per heavy atom. The number of hydrogen-bond donors (Lipinski definition) is 1. The van der Waals surface area contributed by atoms with E-state index in [4.69, 9.17) is 4.74 Å². The molecule has 0 aliphatic carbocycles. The summed E-state index contributed by atoms with van der Waals surface area (Å²) < 4.78 is 5.25. The molecular weight excluding hydrogens is 260 g/mol. The zero-order valence-electron chi connectivity index (χ0n) is 12.1. The minimum Gasteiger partial charge on any atom is -0.388 e. The largest absolute Gasteiger partial charge is 0.388 e. The Balaban J connectivity index is 1.77. The smallest absolute Gasteiger partial charge is 0.236 e. The summed E-state index contributed by atoms with van der Waals surface area (Å²) in [6.07, 6.45) is 2.17. The molecule has 0 bridgehead atoms. The Morgan fingerprint density at radius 1 is 1.35 bits per heavy atom. The highest BCUT2D eigenvalue weighted by molar-refractivity contribution is 5.84. The van der Waals surface area contributed by atoms with E-state index in [-0.39, 0.29) is 18.2 Å². The van der Waals surface area contributed by atoms with E-state index in [9.17, 15) is 14.7 Å². The highest BCUT2D eigenvalue weighted by Gasteiger charge is 2.32. The summed E-state index contributed by atoms with van der Waals surface area (Å²) in [5.41, 5.74) is -0.745. The third-order valence-corrected chi connectivity index (χ3v) is 4.07. The molecule has 2 fully saturated rings. The minimum absolute atomic E-state index is 0.0376. The molecule has 0 radical (unpaired) electrons. The molecule has 0 aromatic rings. The van der Waals surface area contributed by atoms with Gasteiger partial charge in [0.25, 0.3) is 0 Å². The summed E-state index contributed by atoms with van der Waals surface area (Å²) in [5, 5.41) is 10.4. The number of carbonyl (C=O) groups excluding carboxylic acids is 2. The molecule has 6 nitrogen and oxygen atoms in total. The Bertz CT molecular complexity index is 356. The van der Waals surface area contributed by atoms with E-state index in [0.717, 1.165) is 0 Å². The van der Waals surface area contributed by atoms with Crippen LogP contribution < -0.4 is 0 Å². The van der Waals surface area contributed by atoms with Crippen LogP contribution in [0.3, 0.4) is 0 Å². The monoisotopic (exact) mass is 284 g/mol. The molecule has 0 aromatic heterocycles. The number of aliphatic hydroxyl groups is 1. The van der Waals surface area contributed by atoms with Gasteiger partial charge in [0, 0.05) is 58.5 Å². The molecule has 0 spiro atoms. The number of rotatable bonds is 4. The van der Waals surface area contributed by atoms with Gasteiger partial charge in [-0.25, -0.2) is 0 Å². The van der Waals surface area contributed by atoms with Crippen molar-refractivity contribution in [3.63, 3.8) is 0 Å². The van der Waals surface area contributed by atoms with Crippen LogP contribution in [0, 0.1) is 0 Å². The van der Waals surface area contributed by atoms with Crippen LogP contribution in [0.15, 0.2) is 0 Å². The fourth-order valence-electron chi connectivity index (χ4n) is 2.80. The Hall–Kier alpha value is -0.980. The van der Waals surface area contributed by atoms with Gasteiger partial charge in [0.15, 0.2) is 0 Å². The zero-order chi connectivity index (χ0) is 14.6. The second-order valence-corrected chi connectivity index (χ2v) is 5.93. The predicted molar refractivity (Wildman–Crippen MR) is 73.3 cm³/mol. The van der Waals surface area contributed by atoms with Crippen molar-refractivity contribution in [2.24, 2.45) is 0 Å². The van der Waals surface area contributed by atoms with E-state index >= 15 is 0 Å². The number of amides is 1. The lowest BCUT2D eigenvalue weighted by molar-refractivity contribution is -0.136. The number of hydrogen-bond acceptors (Lipinski definition) is 5. The number of piperidine rings is 1. The van der Waals surface area contributed by atoms with Gasteiger partial charge < -0.3 is 14.7 Å². The van der Waals surface area contributed by atoms with Crippen LogP contribution in [0.25, 0.3) is 0 Å². The molecule has 114 valence electrons. The van der Waals surface area contributed by atoms with Crippen LogP contribution in [0.5, 0.6) is 0 Å². The summed E-state index contributed by atoms with van der Waals surface area (Å²) >= 11 is 0. The van der Waals surface area contributed by atoms with Crippen molar-refractivity contribution in [2.45, 2.75) is 31.3 Å². The van der Waals surface area contributed by atoms with Gasteiger partial charge in [-0.15, -0.1) is 0 Å². The van der Waals surface area contributed by atoms with Crippen LogP contribution in [-0.2, 0) is 14.3 Å². The summed E-state index contributed by atoms with van der Waals surface area (Å²) in [5.74, 6) is 0.273. The standard InChI is InChI=1S/C14H24N2O4/c1-15(11-14(19)4-8-20-9-5-14)10-13(18)16-6-2-12(17)3-7-16/h19H,2-11H2,1H3. The number of Topliss-reactive ketones (excluding diaryl/α,β-unsaturated/α-hetero) is 1. The van der Waals surface area contributed by atoms with Gasteiger partial charge >= 0.3 is 0 Å². The maximum absolute atomic E-state index is 12.1. The van der Waals surface area contributed by atoms with Crippen molar-refractivity contribution in [3.8, 4) is 0 Å². The van der Waals surface area contributed by atoms with E-state index in [1.807, 2.05) is 11.9 Å². The van der Waals surface area contributed by atoms with Crippen molar-refractivity contribution in [2.75, 3.05) is 46.4 Å². The molecule has 6 heteroatoms. The first-order valence-electron chi connectivity index (χ1n) is 7.27. The average molecular weight is 284 g/mol. The minimum atomic E-state index is -0.745. The van der Waals surface area contributed by atoms with Gasteiger partial charge in [-0.2, -0.15) is 0 Å². The highest BCUT2D eigenvalue weighted by Crippen LogP contribution is 2.21. The van der Waals surface area contributed by atoms with Gasteiger partial charge in [0.1, 0.15) is 5.78 Å². The fourth-order valence-corrected chi connectivity index (χ4v) is 2.80. The first-order chi connectivity index (χ1) is 9.48. The molecule has 2 saturated heterocycles. The molecule has 0 saturated carbocycles. The first-order valence-corrected chi connectivity index (χ1v) is 7.27. The van der Waals surface area contributed by atoms with Crippen LogP contribution in [0.1, 0.15) is 25.7 Å². The maximum Gasteiger partial charge on any atom is 0.236 e. The van der Waals surface area contributed by atoms with Crippen molar-refractivity contribution >= 4 is 11.7 Å². The van der Waals surface area contributed by atoms with Gasteiger partial charge in [-0.1, -0.05) is 0 Å². The Labute approximate surface area is 119 Å². The lowest BCUT2D eigenvalue weighted by Crippen LogP contribution is -2.49. The SMILES string of the molecule is CN(CC(=O)N1CCC(=O)CC1)CC1(O)CCOCC1. The van der Waals surface area contributed by atoms with E-state index in [0.29, 0.717) is 58.5 Å². The van der Waals surface area contributed by atoms with Gasteiger partial charge in [0.05, 0.1) is 12.1 Å². The number of likely N-dealkylation sites (tertiary alicyclic amines) is 1. The molecule has 1 amide bonds. The second kappa shape index (κ2) is 6.65. The third-order valence-electron chi connectivity index (χ3n) is 4.07. The van der Waals surface area contributed by atoms with Crippen LogP contribution in [-0.4, -0.2) is 78.6 Å². The van der Waals surface area contributed by atoms with Crippen LogP contribution >= 0.6 is 0 Å². The highest BCUT2D eigenvalue weighted by atomic mass is 16.5. The Kier molecular flexibility index (Phi) is 5.12. The molecule has 2 aliphatic heterocycles. The first kappa shape index (κ1) is 15.4. The molecule has 2 rings (SSSR count). The number of ether oxygens (including phenoxy) is 1. The van der Waals surface area contributed by atoms with Crippen molar-refractivity contribution < 1.29 is 19.4 Å². The van der Waals surface area contributed by atoms with E-state index in [1.54, 1.807) is 4.90 Å². The Morgan fingerprint density at radius 3 is 2.55 bits per heavy atom. The molecule has 2 heterocycles. The van der Waals surface area contributed by atoms with Gasteiger partial charge in [-0.05, 0) is 7.05 Å². The molecular formula is C14H24N2O4. The topological polar surface area (TPSA) is 70.1 Å². The fraction of sp³-hybridized carbons (Fsp3) is 0.857. The maximum atomic E-state index is 12.1. The quantitative estimate of drug-likeness (QED) is 0.764. The number of ketones is 1. The second-order valence-electron chi connectivity index (χ2n) is 5.93. The normalized spacial score (nSPS) is 23.1. The van der Waals surface area contributed by atoms with Crippen molar-refractivity contribution in [1.82, 2.24) is 9.80 Å². The average Bonchev–Trinajstić information content (AvgIpc) is 2.39. The third kappa shape index (κ3) is 4.26. The van der Waals surface area contributed by atoms with Crippen LogP contribution in [0.2, 0.25) is 0 Å². The number of nitrogens with zero attached hydrogens (tertiary/aromatic N) is 2. The molecule has 0 unspecified atom stereocenters. The predicted octanol–water partition coefficient (Wildman–Crippen LogP) is -0.349. The summed E-state index contributed by atoms with van der Waals surface area (Å²) in [6.45, 7) is 2.98. The number of carbonyl (C=O) groups is 2. The lowest BCUT2D eigenvalue weighted by Gasteiger charge is -2.36. The van der Waals surface area contributed by atoms with Gasteiger partial charge in [-0.3, -0.25) is 14.5 Å². The van der Waals surface area contributed by atoms with Crippen molar-refractivity contribution in [1.29, 1.82) is 0 Å². The van der Waals surface area contributed by atoms with E-state index < -0.39 is 5.60 Å². The summed E-state index contributed by atoms with van der Waals surface area (Å²) in [6, 6.07) is 0. The van der Waals surface area contributed by atoms with E-state index in [1.165, 1.54) is 0 Å². The molecule has 0 atom stereocenters. The van der Waals surface area contributed by atoms with Crippen LogP contribution in [0.4, 0.5) is 0 Å². The number of likely N-dealkylation sites (N-methyl/N-ethyl adjacent to an activating group) is 1. The van der Waals surface area contributed by atoms with E-state index in [2.05, 4.69) is 0 Å². The molecule has 2 aliphatic rings. The molecule has 1 N–H and O–H groups in total. The summed E-state index contributed by atoms with van der Waals surface area (Å²) in [4.78, 5) is 26.9. The zero-order valence-corrected chi connectivity index (χ0v) is 12.1. The van der Waals surface area contributed by atoms with Gasteiger partial charge in [0.2, 0.25) is 5.91 Å². The summed E-state index contributed by atoms with van der Waals surface area (Å²) in [7, 11) is 1.85.